The third-order valence-electron chi connectivity index (χ3n) is 3.61. The summed E-state index contributed by atoms with van der Waals surface area (Å²) in [5.41, 5.74) is 3.77. The third-order valence-corrected chi connectivity index (χ3v) is 3.61. The number of rotatable bonds is 6. The van der Waals surface area contributed by atoms with Crippen LogP contribution in [0.1, 0.15) is 21.5 Å². The lowest BCUT2D eigenvalue weighted by Crippen LogP contribution is -2.31. The highest BCUT2D eigenvalue weighted by molar-refractivity contribution is 5.93. The van der Waals surface area contributed by atoms with Crippen molar-refractivity contribution >= 4 is 17.5 Å². The molecule has 1 aromatic carbocycles. The van der Waals surface area contributed by atoms with Gasteiger partial charge in [-0.05, 0) is 45.1 Å². The van der Waals surface area contributed by atoms with E-state index in [4.69, 9.17) is 0 Å². The molecule has 0 bridgehead atoms. The number of amides is 1. The van der Waals surface area contributed by atoms with Crippen molar-refractivity contribution < 1.29 is 4.79 Å². The number of aryl methyl sites for hydroxylation is 1. The van der Waals surface area contributed by atoms with E-state index in [0.717, 1.165) is 17.8 Å². The number of hydrogen-bond acceptors (Lipinski definition) is 5. The zero-order valence-corrected chi connectivity index (χ0v) is 14.1. The molecule has 6 nitrogen and oxygen atoms in total. The van der Waals surface area contributed by atoms with Crippen molar-refractivity contribution in [1.82, 2.24) is 20.2 Å². The summed E-state index contributed by atoms with van der Waals surface area (Å²) in [6.07, 6.45) is 3.07. The average molecular weight is 313 g/mol. The first-order chi connectivity index (χ1) is 11.0. The molecule has 1 heterocycles. The van der Waals surface area contributed by atoms with Gasteiger partial charge in [0.15, 0.2) is 0 Å². The monoisotopic (exact) mass is 313 g/mol. The summed E-state index contributed by atoms with van der Waals surface area (Å²) >= 11 is 0. The molecule has 1 aromatic heterocycles. The lowest BCUT2D eigenvalue weighted by Gasteiger charge is -2.11. The molecule has 0 saturated carbocycles. The number of carbonyl (C=O) groups excluding carboxylic acids is 1. The Hall–Kier alpha value is -2.47. The maximum Gasteiger partial charge on any atom is 0.254 e. The van der Waals surface area contributed by atoms with E-state index in [2.05, 4.69) is 33.6 Å². The van der Waals surface area contributed by atoms with Crippen LogP contribution < -0.4 is 10.6 Å². The van der Waals surface area contributed by atoms with E-state index < -0.39 is 0 Å². The van der Waals surface area contributed by atoms with Gasteiger partial charge in [-0.15, -0.1) is 0 Å². The van der Waals surface area contributed by atoms with Crippen LogP contribution in [0.5, 0.6) is 0 Å². The minimum absolute atomic E-state index is 0.162. The van der Waals surface area contributed by atoms with Gasteiger partial charge < -0.3 is 15.5 Å². The molecule has 2 N–H and O–H groups in total. The minimum atomic E-state index is -0.162. The largest absolute Gasteiger partial charge is 0.351 e. The van der Waals surface area contributed by atoms with Gasteiger partial charge in [0, 0.05) is 31.2 Å². The Kier molecular flexibility index (Phi) is 5.65. The topological polar surface area (TPSA) is 70.2 Å². The fraction of sp³-hybridized carbons (Fsp3) is 0.353. The van der Waals surface area contributed by atoms with Gasteiger partial charge >= 0.3 is 0 Å². The van der Waals surface area contributed by atoms with Crippen LogP contribution in [0.15, 0.2) is 30.6 Å². The van der Waals surface area contributed by atoms with Crippen LogP contribution >= 0.6 is 0 Å². The number of nitrogens with zero attached hydrogens (tertiary/aromatic N) is 3. The summed E-state index contributed by atoms with van der Waals surface area (Å²) in [5.74, 6) is 0.314. The second-order valence-electron chi connectivity index (χ2n) is 5.73. The van der Waals surface area contributed by atoms with E-state index in [1.807, 2.05) is 38.1 Å². The van der Waals surface area contributed by atoms with Gasteiger partial charge in [0.25, 0.3) is 5.91 Å². The highest BCUT2D eigenvalue weighted by Crippen LogP contribution is 2.20. The minimum Gasteiger partial charge on any atom is -0.351 e. The Labute approximate surface area is 137 Å². The Morgan fingerprint density at radius 2 is 1.87 bits per heavy atom. The third kappa shape index (κ3) is 4.75. The maximum absolute atomic E-state index is 12.0. The molecule has 0 atom stereocenters. The molecule has 0 spiro atoms. The smallest absolute Gasteiger partial charge is 0.254 e. The van der Waals surface area contributed by atoms with Crippen LogP contribution in [0.4, 0.5) is 11.6 Å². The molecular formula is C17H23N5O. The molecular weight excluding hydrogens is 290 g/mol. The van der Waals surface area contributed by atoms with Crippen LogP contribution in [0, 0.1) is 13.8 Å². The predicted octanol–water partition coefficient (Wildman–Crippen LogP) is 2.13. The second-order valence-corrected chi connectivity index (χ2v) is 5.73. The van der Waals surface area contributed by atoms with Crippen molar-refractivity contribution in [3.8, 4) is 0 Å². The Bertz CT molecular complexity index is 667. The lowest BCUT2D eigenvalue weighted by atomic mass is 10.1. The van der Waals surface area contributed by atoms with Gasteiger partial charge in [-0.3, -0.25) is 4.79 Å². The molecule has 0 aliphatic rings. The van der Waals surface area contributed by atoms with E-state index in [0.29, 0.717) is 18.1 Å². The number of likely N-dealkylation sites (N-methyl/N-ethyl adjacent to an activating group) is 1. The molecule has 0 unspecified atom stereocenters. The first kappa shape index (κ1) is 16.9. The van der Waals surface area contributed by atoms with Crippen molar-refractivity contribution in [2.75, 3.05) is 32.5 Å². The predicted molar refractivity (Wildman–Crippen MR) is 92.1 cm³/mol. The van der Waals surface area contributed by atoms with Gasteiger partial charge in [-0.1, -0.05) is 12.1 Å². The molecule has 0 aliphatic carbocycles. The number of carbonyl (C=O) groups is 1. The van der Waals surface area contributed by atoms with E-state index >= 15 is 0 Å². The first-order valence-corrected chi connectivity index (χ1v) is 7.55. The molecule has 0 fully saturated rings. The van der Waals surface area contributed by atoms with Gasteiger partial charge in [-0.2, -0.15) is 0 Å². The number of hydrogen-bond donors (Lipinski definition) is 2. The first-order valence-electron chi connectivity index (χ1n) is 7.55. The van der Waals surface area contributed by atoms with Crippen molar-refractivity contribution in [2.24, 2.45) is 0 Å². The van der Waals surface area contributed by atoms with Crippen LogP contribution in [0.25, 0.3) is 0 Å². The molecule has 0 radical (unpaired) electrons. The Balaban J connectivity index is 1.99. The molecule has 0 saturated heterocycles. The van der Waals surface area contributed by atoms with E-state index in [1.165, 1.54) is 18.0 Å². The normalized spacial score (nSPS) is 10.7. The molecule has 1 amide bonds. The fourth-order valence-electron chi connectivity index (χ4n) is 2.01. The summed E-state index contributed by atoms with van der Waals surface area (Å²) in [6.45, 7) is 5.49. The summed E-state index contributed by atoms with van der Waals surface area (Å²) < 4.78 is 0. The van der Waals surface area contributed by atoms with Crippen LogP contribution in [-0.2, 0) is 0 Å². The fourth-order valence-corrected chi connectivity index (χ4v) is 2.01. The zero-order valence-electron chi connectivity index (χ0n) is 14.1. The van der Waals surface area contributed by atoms with Gasteiger partial charge in [0.2, 0.25) is 5.95 Å². The number of anilines is 2. The molecule has 122 valence electrons. The standard InChI is InChI=1S/C17H23N5O/c1-12-6-5-7-15(13(12)2)21-17-19-10-14(11-20-17)16(23)18-8-9-22(3)4/h5-7,10-11H,8-9H2,1-4H3,(H,18,23)(H,19,20,21). The highest BCUT2D eigenvalue weighted by atomic mass is 16.1. The Morgan fingerprint density at radius 1 is 1.17 bits per heavy atom. The van der Waals surface area contributed by atoms with E-state index in [-0.39, 0.29) is 5.91 Å². The molecule has 23 heavy (non-hydrogen) atoms. The molecule has 6 heteroatoms. The number of benzene rings is 1. The lowest BCUT2D eigenvalue weighted by molar-refractivity contribution is 0.0950. The zero-order chi connectivity index (χ0) is 16.8. The van der Waals surface area contributed by atoms with Gasteiger partial charge in [0.05, 0.1) is 5.56 Å². The summed E-state index contributed by atoms with van der Waals surface area (Å²) in [7, 11) is 3.92. The highest BCUT2D eigenvalue weighted by Gasteiger charge is 2.08. The number of aromatic nitrogens is 2. The van der Waals surface area contributed by atoms with Crippen LogP contribution in [-0.4, -0.2) is 48.0 Å². The van der Waals surface area contributed by atoms with Crippen molar-refractivity contribution in [3.05, 3.63) is 47.3 Å². The van der Waals surface area contributed by atoms with Gasteiger partial charge in [-0.25, -0.2) is 9.97 Å². The quantitative estimate of drug-likeness (QED) is 0.855. The summed E-state index contributed by atoms with van der Waals surface area (Å²) in [5, 5.41) is 6.01. The van der Waals surface area contributed by atoms with Crippen molar-refractivity contribution in [2.45, 2.75) is 13.8 Å². The average Bonchev–Trinajstić information content (AvgIpc) is 2.52. The SMILES string of the molecule is Cc1cccc(Nc2ncc(C(=O)NCCN(C)C)cn2)c1C. The van der Waals surface area contributed by atoms with Crippen LogP contribution in [0.2, 0.25) is 0 Å². The maximum atomic E-state index is 12.0. The van der Waals surface area contributed by atoms with Crippen molar-refractivity contribution in [3.63, 3.8) is 0 Å². The molecule has 2 aromatic rings. The summed E-state index contributed by atoms with van der Waals surface area (Å²) in [4.78, 5) is 22.4. The number of nitrogens with one attached hydrogen (secondary N) is 2. The van der Waals surface area contributed by atoms with Crippen molar-refractivity contribution in [1.29, 1.82) is 0 Å². The Morgan fingerprint density at radius 3 is 2.52 bits per heavy atom. The molecule has 2 rings (SSSR count). The second kappa shape index (κ2) is 7.69. The summed E-state index contributed by atoms with van der Waals surface area (Å²) in [6, 6.07) is 6.02. The van der Waals surface area contributed by atoms with E-state index in [9.17, 15) is 4.79 Å². The van der Waals surface area contributed by atoms with E-state index in [1.54, 1.807) is 0 Å². The van der Waals surface area contributed by atoms with Crippen LogP contribution in [0.3, 0.4) is 0 Å². The molecule has 0 aliphatic heterocycles. The van der Waals surface area contributed by atoms with Gasteiger partial charge in [0.1, 0.15) is 0 Å².